The molecule has 0 aromatic heterocycles. The molecule has 0 aliphatic carbocycles. The average molecular weight is 1080 g/mol. The maximum atomic E-state index is 12.9. The quantitative estimate of drug-likeness (QED) is 0.0261. The highest BCUT2D eigenvalue weighted by molar-refractivity contribution is 5.71. The highest BCUT2D eigenvalue weighted by Crippen LogP contribution is 2.16. The van der Waals surface area contributed by atoms with E-state index in [1.165, 1.54) is 212 Å². The van der Waals surface area contributed by atoms with Gasteiger partial charge in [0.1, 0.15) is 13.2 Å². The highest BCUT2D eigenvalue weighted by atomic mass is 16.6. The lowest BCUT2D eigenvalue weighted by molar-refractivity contribution is -0.167. The molecule has 0 aliphatic heterocycles. The van der Waals surface area contributed by atoms with Gasteiger partial charge >= 0.3 is 17.9 Å². The van der Waals surface area contributed by atoms with Gasteiger partial charge < -0.3 is 14.2 Å². The minimum absolute atomic E-state index is 0.0809. The summed E-state index contributed by atoms with van der Waals surface area (Å²) in [6.07, 6.45) is 84.8. The van der Waals surface area contributed by atoms with Crippen LogP contribution in [-0.2, 0) is 28.6 Å². The maximum Gasteiger partial charge on any atom is 0.306 e. The van der Waals surface area contributed by atoms with Crippen LogP contribution in [0.1, 0.15) is 342 Å². The molecule has 0 aromatic carbocycles. The molecule has 77 heavy (non-hydrogen) atoms. The summed E-state index contributed by atoms with van der Waals surface area (Å²) in [5.74, 6) is -0.886. The van der Waals surface area contributed by atoms with Crippen LogP contribution in [0.3, 0.4) is 0 Å². The van der Waals surface area contributed by atoms with Crippen LogP contribution in [0.15, 0.2) is 72.9 Å². The van der Waals surface area contributed by atoms with Gasteiger partial charge in [0, 0.05) is 19.3 Å². The van der Waals surface area contributed by atoms with Crippen LogP contribution in [0.5, 0.6) is 0 Å². The standard InChI is InChI=1S/C71H126O6/c1-4-7-10-13-16-19-22-25-28-30-32-33-34-35-36-37-38-39-40-42-43-46-49-52-55-58-61-64-70(73)76-67-68(66-75-69(72)63-60-57-54-51-48-45-27-24-21-18-15-12-9-6-3)77-71(74)65-62-59-56-53-50-47-44-41-31-29-26-23-20-17-14-11-8-5-2/h15,18,22,24-25,27,29-32,34-35,68H,4-14,16-17,19-21,23,26,28,33,36-67H2,1-3H3/b18-15-,25-22-,27-24-,31-29-,32-30-,35-34-. The van der Waals surface area contributed by atoms with Crippen molar-refractivity contribution >= 4 is 17.9 Å². The summed E-state index contributed by atoms with van der Waals surface area (Å²) in [6, 6.07) is 0. The van der Waals surface area contributed by atoms with E-state index in [0.29, 0.717) is 19.3 Å². The number of esters is 3. The summed E-state index contributed by atoms with van der Waals surface area (Å²) >= 11 is 0. The molecule has 0 aliphatic rings. The van der Waals surface area contributed by atoms with Crippen molar-refractivity contribution < 1.29 is 28.6 Å². The number of unbranched alkanes of at least 4 members (excludes halogenated alkanes) is 38. The Bertz CT molecular complexity index is 1420. The van der Waals surface area contributed by atoms with Gasteiger partial charge in [0.2, 0.25) is 0 Å². The fourth-order valence-corrected chi connectivity index (χ4v) is 9.58. The first-order valence-electron chi connectivity index (χ1n) is 33.4. The van der Waals surface area contributed by atoms with Gasteiger partial charge in [-0.05, 0) is 109 Å². The van der Waals surface area contributed by atoms with E-state index in [2.05, 4.69) is 93.7 Å². The molecule has 0 radical (unpaired) electrons. The Hall–Kier alpha value is -3.15. The largest absolute Gasteiger partial charge is 0.462 e. The van der Waals surface area contributed by atoms with E-state index in [4.69, 9.17) is 14.2 Å². The van der Waals surface area contributed by atoms with Crippen LogP contribution in [0.25, 0.3) is 0 Å². The van der Waals surface area contributed by atoms with Crippen LogP contribution in [-0.4, -0.2) is 37.2 Å². The summed E-state index contributed by atoms with van der Waals surface area (Å²) in [6.45, 7) is 6.61. The highest BCUT2D eigenvalue weighted by Gasteiger charge is 2.19. The molecule has 1 unspecified atom stereocenters. The Kier molecular flexibility index (Phi) is 62.7. The molecule has 0 aromatic rings. The molecule has 0 amide bonds. The van der Waals surface area contributed by atoms with Crippen molar-refractivity contribution in [3.8, 4) is 0 Å². The zero-order valence-electron chi connectivity index (χ0n) is 51.2. The molecule has 0 saturated carbocycles. The first-order chi connectivity index (χ1) is 38.0. The zero-order chi connectivity index (χ0) is 55.7. The van der Waals surface area contributed by atoms with Crippen LogP contribution >= 0.6 is 0 Å². The summed E-state index contributed by atoms with van der Waals surface area (Å²) in [5.41, 5.74) is 0. The summed E-state index contributed by atoms with van der Waals surface area (Å²) in [4.78, 5) is 38.3. The number of allylic oxidation sites excluding steroid dienone is 12. The molecule has 6 nitrogen and oxygen atoms in total. The van der Waals surface area contributed by atoms with Crippen molar-refractivity contribution in [1.82, 2.24) is 0 Å². The van der Waals surface area contributed by atoms with E-state index in [1.807, 2.05) is 0 Å². The molecular weight excluding hydrogens is 949 g/mol. The predicted octanol–water partition coefficient (Wildman–Crippen LogP) is 22.9. The van der Waals surface area contributed by atoms with Crippen molar-refractivity contribution in [3.63, 3.8) is 0 Å². The zero-order valence-corrected chi connectivity index (χ0v) is 51.2. The lowest BCUT2D eigenvalue weighted by Gasteiger charge is -2.18. The second kappa shape index (κ2) is 65.4. The van der Waals surface area contributed by atoms with Gasteiger partial charge in [-0.25, -0.2) is 0 Å². The number of ether oxygens (including phenoxy) is 3. The molecule has 0 rings (SSSR count). The molecule has 0 fully saturated rings. The Morgan fingerprint density at radius 3 is 0.779 bits per heavy atom. The first-order valence-corrected chi connectivity index (χ1v) is 33.4. The summed E-state index contributed by atoms with van der Waals surface area (Å²) in [7, 11) is 0. The van der Waals surface area contributed by atoms with Gasteiger partial charge in [-0.2, -0.15) is 0 Å². The van der Waals surface area contributed by atoms with Crippen molar-refractivity contribution in [3.05, 3.63) is 72.9 Å². The van der Waals surface area contributed by atoms with E-state index in [1.54, 1.807) is 0 Å². The summed E-state index contributed by atoms with van der Waals surface area (Å²) in [5, 5.41) is 0. The second-order valence-electron chi connectivity index (χ2n) is 22.4. The smallest absolute Gasteiger partial charge is 0.306 e. The Balaban J connectivity index is 4.29. The van der Waals surface area contributed by atoms with Crippen molar-refractivity contribution in [2.75, 3.05) is 13.2 Å². The van der Waals surface area contributed by atoms with Gasteiger partial charge in [-0.15, -0.1) is 0 Å². The van der Waals surface area contributed by atoms with E-state index in [9.17, 15) is 14.4 Å². The molecular formula is C71H126O6. The molecule has 0 saturated heterocycles. The fourth-order valence-electron chi connectivity index (χ4n) is 9.58. The normalized spacial score (nSPS) is 12.5. The third kappa shape index (κ3) is 63.6. The van der Waals surface area contributed by atoms with Crippen molar-refractivity contribution in [2.24, 2.45) is 0 Å². The fraction of sp³-hybridized carbons (Fsp3) is 0.789. The monoisotopic (exact) mass is 1070 g/mol. The molecule has 0 spiro atoms. The lowest BCUT2D eigenvalue weighted by atomic mass is 10.0. The van der Waals surface area contributed by atoms with Crippen molar-refractivity contribution in [2.45, 2.75) is 348 Å². The van der Waals surface area contributed by atoms with Crippen LogP contribution in [0, 0.1) is 0 Å². The van der Waals surface area contributed by atoms with Gasteiger partial charge in [-0.1, -0.05) is 286 Å². The van der Waals surface area contributed by atoms with Gasteiger partial charge in [-0.3, -0.25) is 14.4 Å². The first kappa shape index (κ1) is 73.8. The Morgan fingerprint density at radius 1 is 0.260 bits per heavy atom. The van der Waals surface area contributed by atoms with Gasteiger partial charge in [0.05, 0.1) is 0 Å². The van der Waals surface area contributed by atoms with Crippen LogP contribution in [0.4, 0.5) is 0 Å². The van der Waals surface area contributed by atoms with Gasteiger partial charge in [0.25, 0.3) is 0 Å². The van der Waals surface area contributed by atoms with E-state index in [0.717, 1.165) is 89.9 Å². The molecule has 0 bridgehead atoms. The number of carbonyl (C=O) groups is 3. The maximum absolute atomic E-state index is 12.9. The number of hydrogen-bond donors (Lipinski definition) is 0. The van der Waals surface area contributed by atoms with E-state index in [-0.39, 0.29) is 31.1 Å². The average Bonchev–Trinajstić information content (AvgIpc) is 3.43. The number of rotatable bonds is 61. The minimum Gasteiger partial charge on any atom is -0.462 e. The van der Waals surface area contributed by atoms with Crippen LogP contribution < -0.4 is 0 Å². The number of carbonyl (C=O) groups excluding carboxylic acids is 3. The minimum atomic E-state index is -0.785. The van der Waals surface area contributed by atoms with Crippen LogP contribution in [0.2, 0.25) is 0 Å². The Labute approximate surface area is 478 Å². The van der Waals surface area contributed by atoms with E-state index >= 15 is 0 Å². The van der Waals surface area contributed by atoms with E-state index < -0.39 is 6.10 Å². The van der Waals surface area contributed by atoms with Crippen molar-refractivity contribution in [1.29, 1.82) is 0 Å². The topological polar surface area (TPSA) is 78.9 Å². The molecule has 0 heterocycles. The second-order valence-corrected chi connectivity index (χ2v) is 22.4. The third-order valence-electron chi connectivity index (χ3n) is 14.7. The molecule has 446 valence electrons. The molecule has 1 atom stereocenters. The molecule has 0 N–H and O–H groups in total. The molecule has 6 heteroatoms. The van der Waals surface area contributed by atoms with Gasteiger partial charge in [0.15, 0.2) is 6.10 Å². The third-order valence-corrected chi connectivity index (χ3v) is 14.7. The SMILES string of the molecule is CCCC/C=C\C/C=C\CCCCCCCC(=O)OCC(COC(=O)CCCCCCCCCCCCCC/C=C\C/C=C\C/C=C\CCCCCCC)OC(=O)CCCCCCCCC/C=C\CCCCCCCCC. The number of hydrogen-bond acceptors (Lipinski definition) is 6. The lowest BCUT2D eigenvalue weighted by Crippen LogP contribution is -2.30. The summed E-state index contributed by atoms with van der Waals surface area (Å²) < 4.78 is 16.9. The Morgan fingerprint density at radius 2 is 0.481 bits per heavy atom. The predicted molar refractivity (Wildman–Crippen MR) is 335 cm³/mol.